The smallest absolute Gasteiger partial charge is 0.335 e. The molecular formula is C19H15ClN2O5. The highest BCUT2D eigenvalue weighted by atomic mass is 35.5. The third kappa shape index (κ3) is 3.50. The van der Waals surface area contributed by atoms with E-state index in [0.29, 0.717) is 16.1 Å². The number of nitrogens with zero attached hydrogens (tertiary/aromatic N) is 1. The Balaban J connectivity index is 2.06. The van der Waals surface area contributed by atoms with Crippen LogP contribution < -0.4 is 15.0 Å². The minimum atomic E-state index is -0.851. The molecule has 0 unspecified atom stereocenters. The van der Waals surface area contributed by atoms with Crippen LogP contribution in [-0.2, 0) is 9.59 Å². The molecule has 7 nitrogen and oxygen atoms in total. The number of amides is 4. The molecule has 0 spiro atoms. The predicted octanol–water partition coefficient (Wildman–Crippen LogP) is 3.03. The molecule has 1 fully saturated rings. The lowest BCUT2D eigenvalue weighted by molar-refractivity contribution is -0.122. The lowest BCUT2D eigenvalue weighted by atomic mass is 10.1. The van der Waals surface area contributed by atoms with Crippen molar-refractivity contribution in [2.24, 2.45) is 0 Å². The van der Waals surface area contributed by atoms with Gasteiger partial charge in [-0.2, -0.15) is 0 Å². The van der Waals surface area contributed by atoms with Gasteiger partial charge in [-0.25, -0.2) is 9.69 Å². The lowest BCUT2D eigenvalue weighted by Gasteiger charge is -2.27. The van der Waals surface area contributed by atoms with Crippen LogP contribution in [0, 0.1) is 6.92 Å². The van der Waals surface area contributed by atoms with Crippen LogP contribution in [0.4, 0.5) is 10.5 Å². The van der Waals surface area contributed by atoms with Gasteiger partial charge in [0.05, 0.1) is 12.8 Å². The van der Waals surface area contributed by atoms with Crippen molar-refractivity contribution in [2.45, 2.75) is 6.92 Å². The first kappa shape index (κ1) is 18.5. The highest BCUT2D eigenvalue weighted by molar-refractivity contribution is 6.39. The van der Waals surface area contributed by atoms with E-state index in [0.717, 1.165) is 4.90 Å². The second-order valence-electron chi connectivity index (χ2n) is 5.82. The molecule has 1 aliphatic rings. The topological polar surface area (TPSA) is 95.9 Å². The number of halogens is 1. The SMILES string of the molecule is COc1cc(/C=C2\C(=O)NC(=O)N(c3cc(Cl)ccc3C)C2=O)ccc1O. The van der Waals surface area contributed by atoms with Gasteiger partial charge >= 0.3 is 6.03 Å². The maximum atomic E-state index is 12.9. The van der Waals surface area contributed by atoms with Gasteiger partial charge < -0.3 is 9.84 Å². The van der Waals surface area contributed by atoms with Gasteiger partial charge in [0.2, 0.25) is 0 Å². The summed E-state index contributed by atoms with van der Waals surface area (Å²) in [5, 5.41) is 12.2. The van der Waals surface area contributed by atoms with Gasteiger partial charge in [-0.1, -0.05) is 23.7 Å². The summed E-state index contributed by atoms with van der Waals surface area (Å²) in [4.78, 5) is 38.2. The molecule has 0 aliphatic carbocycles. The van der Waals surface area contributed by atoms with E-state index in [1.165, 1.54) is 37.5 Å². The number of carbonyl (C=O) groups is 3. The van der Waals surface area contributed by atoms with Crippen molar-refractivity contribution in [1.29, 1.82) is 0 Å². The number of aromatic hydroxyl groups is 1. The van der Waals surface area contributed by atoms with Crippen LogP contribution in [-0.4, -0.2) is 30.1 Å². The fourth-order valence-corrected chi connectivity index (χ4v) is 2.82. The molecule has 138 valence electrons. The first-order chi connectivity index (χ1) is 12.8. The van der Waals surface area contributed by atoms with Crippen molar-refractivity contribution in [3.8, 4) is 11.5 Å². The third-order valence-electron chi connectivity index (χ3n) is 4.03. The summed E-state index contributed by atoms with van der Waals surface area (Å²) >= 11 is 5.99. The summed E-state index contributed by atoms with van der Waals surface area (Å²) in [7, 11) is 1.38. The van der Waals surface area contributed by atoms with Crippen molar-refractivity contribution in [2.75, 3.05) is 12.0 Å². The largest absolute Gasteiger partial charge is 0.504 e. The molecule has 4 amide bonds. The molecule has 2 aromatic rings. The van der Waals surface area contributed by atoms with E-state index < -0.39 is 17.8 Å². The molecule has 0 saturated carbocycles. The summed E-state index contributed by atoms with van der Waals surface area (Å²) in [6.45, 7) is 1.72. The van der Waals surface area contributed by atoms with Crippen LogP contribution in [0.25, 0.3) is 6.08 Å². The highest BCUT2D eigenvalue weighted by Gasteiger charge is 2.37. The number of carbonyl (C=O) groups excluding carboxylic acids is 3. The number of methoxy groups -OCH3 is 1. The van der Waals surface area contributed by atoms with Gasteiger partial charge in [0.1, 0.15) is 5.57 Å². The number of hydrogen-bond acceptors (Lipinski definition) is 5. The Labute approximate surface area is 159 Å². The molecule has 1 saturated heterocycles. The standard InChI is InChI=1S/C19H15ClN2O5/c1-10-3-5-12(20)9-14(10)22-18(25)13(17(24)21-19(22)26)7-11-4-6-15(23)16(8-11)27-2/h3-9,23H,1-2H3,(H,21,24,26)/b13-7+. The molecule has 0 atom stereocenters. The summed E-state index contributed by atoms with van der Waals surface area (Å²) in [5.74, 6) is -1.48. The predicted molar refractivity (Wildman–Crippen MR) is 99.8 cm³/mol. The Kier molecular flexibility index (Phi) is 4.87. The molecule has 2 N–H and O–H groups in total. The minimum Gasteiger partial charge on any atom is -0.504 e. The number of nitrogens with one attached hydrogen (secondary N) is 1. The number of urea groups is 1. The normalized spacial score (nSPS) is 15.9. The Morgan fingerprint density at radius 3 is 2.59 bits per heavy atom. The number of anilines is 1. The molecular weight excluding hydrogens is 372 g/mol. The number of rotatable bonds is 3. The van der Waals surface area contributed by atoms with Crippen LogP contribution in [0.5, 0.6) is 11.5 Å². The van der Waals surface area contributed by atoms with Gasteiger partial charge in [0.15, 0.2) is 11.5 Å². The number of ether oxygens (including phenoxy) is 1. The summed E-state index contributed by atoms with van der Waals surface area (Å²) in [6.07, 6.45) is 1.32. The molecule has 0 bridgehead atoms. The molecule has 1 aliphatic heterocycles. The molecule has 0 aromatic heterocycles. The van der Waals surface area contributed by atoms with Crippen molar-refractivity contribution in [3.63, 3.8) is 0 Å². The van der Waals surface area contributed by atoms with E-state index in [4.69, 9.17) is 16.3 Å². The van der Waals surface area contributed by atoms with Gasteiger partial charge in [-0.15, -0.1) is 0 Å². The lowest BCUT2D eigenvalue weighted by Crippen LogP contribution is -2.54. The maximum absolute atomic E-state index is 12.9. The summed E-state index contributed by atoms with van der Waals surface area (Å²) in [6, 6.07) is 8.28. The third-order valence-corrected chi connectivity index (χ3v) is 4.26. The number of phenols is 1. The van der Waals surface area contributed by atoms with Gasteiger partial charge in [-0.05, 0) is 48.4 Å². The first-order valence-corrected chi connectivity index (χ1v) is 8.24. The Bertz CT molecular complexity index is 1000. The quantitative estimate of drug-likeness (QED) is 0.624. The van der Waals surface area contributed by atoms with Crippen LogP contribution >= 0.6 is 11.6 Å². The molecule has 27 heavy (non-hydrogen) atoms. The van der Waals surface area contributed by atoms with Crippen molar-refractivity contribution in [3.05, 3.63) is 58.1 Å². The molecule has 1 heterocycles. The second-order valence-corrected chi connectivity index (χ2v) is 6.26. The second kappa shape index (κ2) is 7.13. The summed E-state index contributed by atoms with van der Waals surface area (Å²) < 4.78 is 5.02. The van der Waals surface area contributed by atoms with Crippen molar-refractivity contribution in [1.82, 2.24) is 5.32 Å². The number of aryl methyl sites for hydroxylation is 1. The first-order valence-electron chi connectivity index (χ1n) is 7.86. The number of phenolic OH excluding ortho intramolecular Hbond substituents is 1. The van der Waals surface area contributed by atoms with E-state index in [-0.39, 0.29) is 22.8 Å². The zero-order valence-electron chi connectivity index (χ0n) is 14.4. The molecule has 8 heteroatoms. The number of benzene rings is 2. The van der Waals surface area contributed by atoms with Crippen LogP contribution in [0.1, 0.15) is 11.1 Å². The fraction of sp³-hybridized carbons (Fsp3) is 0.105. The van der Waals surface area contributed by atoms with Gasteiger partial charge in [0.25, 0.3) is 11.8 Å². The Morgan fingerprint density at radius 2 is 1.89 bits per heavy atom. The van der Waals surface area contributed by atoms with Gasteiger partial charge in [-0.3, -0.25) is 14.9 Å². The van der Waals surface area contributed by atoms with Crippen LogP contribution in [0.3, 0.4) is 0 Å². The molecule has 0 radical (unpaired) electrons. The summed E-state index contributed by atoms with van der Waals surface area (Å²) in [5.41, 5.74) is 1.14. The zero-order valence-corrected chi connectivity index (χ0v) is 15.2. The van der Waals surface area contributed by atoms with E-state index in [9.17, 15) is 19.5 Å². The monoisotopic (exact) mass is 386 g/mol. The molecule has 2 aromatic carbocycles. The Morgan fingerprint density at radius 1 is 1.15 bits per heavy atom. The minimum absolute atomic E-state index is 0.0783. The van der Waals surface area contributed by atoms with Crippen molar-refractivity contribution < 1.29 is 24.2 Å². The average molecular weight is 387 g/mol. The van der Waals surface area contributed by atoms with Gasteiger partial charge in [0, 0.05) is 5.02 Å². The van der Waals surface area contributed by atoms with E-state index in [1.807, 2.05) is 0 Å². The van der Waals surface area contributed by atoms with Crippen molar-refractivity contribution >= 4 is 41.2 Å². The molecule has 3 rings (SSSR count). The fourth-order valence-electron chi connectivity index (χ4n) is 2.65. The van der Waals surface area contributed by atoms with E-state index in [1.54, 1.807) is 19.1 Å². The Hall–Kier alpha value is -3.32. The van der Waals surface area contributed by atoms with E-state index in [2.05, 4.69) is 5.32 Å². The highest BCUT2D eigenvalue weighted by Crippen LogP contribution is 2.30. The van der Waals surface area contributed by atoms with E-state index >= 15 is 0 Å². The zero-order chi connectivity index (χ0) is 19.7. The van der Waals surface area contributed by atoms with Crippen LogP contribution in [0.15, 0.2) is 42.0 Å². The number of barbiturate groups is 1. The van der Waals surface area contributed by atoms with Crippen LogP contribution in [0.2, 0.25) is 5.02 Å². The maximum Gasteiger partial charge on any atom is 0.335 e. The number of hydrogen-bond donors (Lipinski definition) is 2. The number of imide groups is 2. The average Bonchev–Trinajstić information content (AvgIpc) is 2.62.